The highest BCUT2D eigenvalue weighted by molar-refractivity contribution is 5.99. The molecule has 5 aromatic heterocycles. The molecule has 1 aromatic carbocycles. The quantitative estimate of drug-likeness (QED) is 0.297. The Labute approximate surface area is 237 Å². The first-order valence-corrected chi connectivity index (χ1v) is 12.7. The lowest BCUT2D eigenvalue weighted by Crippen LogP contribution is -2.23. The summed E-state index contributed by atoms with van der Waals surface area (Å²) in [5.41, 5.74) is 8.62. The Kier molecular flexibility index (Phi) is 6.61. The lowest BCUT2D eigenvalue weighted by molar-refractivity contribution is 0.397. The summed E-state index contributed by atoms with van der Waals surface area (Å²) in [4.78, 5) is 35.6. The van der Waals surface area contributed by atoms with Crippen LogP contribution in [0.5, 0.6) is 5.88 Å². The first kappa shape index (κ1) is 26.6. The number of benzene rings is 1. The van der Waals surface area contributed by atoms with E-state index in [2.05, 4.69) is 19.9 Å². The summed E-state index contributed by atoms with van der Waals surface area (Å²) >= 11 is 0. The molecule has 1 unspecified atom stereocenters. The lowest BCUT2D eigenvalue weighted by atomic mass is 10.0. The van der Waals surface area contributed by atoms with E-state index in [1.165, 1.54) is 43.8 Å². The number of aromatic nitrogens is 7. The van der Waals surface area contributed by atoms with Gasteiger partial charge in [-0.15, -0.1) is 0 Å². The van der Waals surface area contributed by atoms with Crippen LogP contribution >= 0.6 is 0 Å². The summed E-state index contributed by atoms with van der Waals surface area (Å²) in [6, 6.07) is 9.27. The third kappa shape index (κ3) is 4.40. The minimum atomic E-state index is -0.723. The SMILES string of the molecule is C/N=C\c1cc(-c2nn(C(C)c3nc4ccc(F)cn4c(=O)c3-c3cccc(F)c3)c3ncnc(N)c23)cnc1OC. The molecule has 5 heterocycles. The van der Waals surface area contributed by atoms with Gasteiger partial charge in [-0.3, -0.25) is 14.2 Å². The molecule has 42 heavy (non-hydrogen) atoms. The Hall–Kier alpha value is -5.59. The highest BCUT2D eigenvalue weighted by atomic mass is 19.1. The van der Waals surface area contributed by atoms with Gasteiger partial charge in [-0.05, 0) is 42.8 Å². The summed E-state index contributed by atoms with van der Waals surface area (Å²) < 4.78 is 36.5. The van der Waals surface area contributed by atoms with Gasteiger partial charge in [0, 0.05) is 31.2 Å². The Morgan fingerprint density at radius 1 is 1.07 bits per heavy atom. The fourth-order valence-electron chi connectivity index (χ4n) is 4.93. The highest BCUT2D eigenvalue weighted by Gasteiger charge is 2.26. The van der Waals surface area contributed by atoms with Crippen LogP contribution in [-0.4, -0.2) is 54.5 Å². The summed E-state index contributed by atoms with van der Waals surface area (Å²) in [6.45, 7) is 1.78. The van der Waals surface area contributed by atoms with Crippen molar-refractivity contribution in [2.45, 2.75) is 13.0 Å². The Morgan fingerprint density at radius 3 is 2.67 bits per heavy atom. The molecule has 0 aliphatic heterocycles. The monoisotopic (exact) mass is 567 g/mol. The molecule has 6 aromatic rings. The van der Waals surface area contributed by atoms with Crippen LogP contribution in [0.15, 0.2) is 71.0 Å². The minimum Gasteiger partial charge on any atom is -0.481 e. The first-order valence-electron chi connectivity index (χ1n) is 12.7. The maximum Gasteiger partial charge on any atom is 0.266 e. The predicted octanol–water partition coefficient (Wildman–Crippen LogP) is 4.09. The molecular weight excluding hydrogens is 544 g/mol. The molecule has 0 amide bonds. The Balaban J connectivity index is 1.63. The molecule has 0 fully saturated rings. The number of aliphatic imine (C=N–C) groups is 1. The average Bonchev–Trinajstić information content (AvgIpc) is 3.38. The maximum atomic E-state index is 14.3. The van der Waals surface area contributed by atoms with E-state index in [9.17, 15) is 13.6 Å². The van der Waals surface area contributed by atoms with Crippen LogP contribution < -0.4 is 16.0 Å². The van der Waals surface area contributed by atoms with Gasteiger partial charge in [0.15, 0.2) is 5.65 Å². The summed E-state index contributed by atoms with van der Waals surface area (Å²) in [7, 11) is 3.14. The molecule has 0 radical (unpaired) electrons. The van der Waals surface area contributed by atoms with Crippen molar-refractivity contribution in [1.82, 2.24) is 34.1 Å². The van der Waals surface area contributed by atoms with Crippen molar-refractivity contribution in [2.24, 2.45) is 4.99 Å². The number of pyridine rings is 2. The zero-order valence-electron chi connectivity index (χ0n) is 22.7. The van der Waals surface area contributed by atoms with Gasteiger partial charge >= 0.3 is 0 Å². The molecular formula is C29H23F2N9O2. The number of nitrogens with two attached hydrogens (primary N) is 1. The van der Waals surface area contributed by atoms with E-state index in [4.69, 9.17) is 20.6 Å². The number of rotatable bonds is 6. The van der Waals surface area contributed by atoms with Crippen LogP contribution in [-0.2, 0) is 0 Å². The number of methoxy groups -OCH3 is 1. The van der Waals surface area contributed by atoms with Crippen molar-refractivity contribution in [3.05, 3.63) is 94.4 Å². The van der Waals surface area contributed by atoms with Crippen molar-refractivity contribution in [2.75, 3.05) is 19.9 Å². The predicted molar refractivity (Wildman–Crippen MR) is 154 cm³/mol. The van der Waals surface area contributed by atoms with E-state index >= 15 is 0 Å². The number of nitrogen functional groups attached to an aromatic ring is 1. The fourth-order valence-corrected chi connectivity index (χ4v) is 4.93. The maximum absolute atomic E-state index is 14.3. The first-order chi connectivity index (χ1) is 20.3. The molecule has 0 saturated carbocycles. The van der Waals surface area contributed by atoms with Gasteiger partial charge in [0.2, 0.25) is 5.88 Å². The molecule has 2 N–H and O–H groups in total. The van der Waals surface area contributed by atoms with Gasteiger partial charge in [-0.25, -0.2) is 33.4 Å². The molecule has 0 saturated heterocycles. The molecule has 11 nitrogen and oxygen atoms in total. The third-order valence-corrected chi connectivity index (χ3v) is 6.82. The van der Waals surface area contributed by atoms with E-state index in [-0.39, 0.29) is 28.3 Å². The van der Waals surface area contributed by atoms with Crippen molar-refractivity contribution in [3.8, 4) is 28.3 Å². The van der Waals surface area contributed by atoms with Crippen LogP contribution in [0.4, 0.5) is 14.6 Å². The second kappa shape index (κ2) is 10.4. The largest absolute Gasteiger partial charge is 0.481 e. The molecule has 0 spiro atoms. The van der Waals surface area contributed by atoms with E-state index in [1.54, 1.807) is 43.2 Å². The topological polar surface area (TPSA) is 138 Å². The minimum absolute atomic E-state index is 0.0879. The molecule has 210 valence electrons. The van der Waals surface area contributed by atoms with E-state index in [0.29, 0.717) is 33.7 Å². The van der Waals surface area contributed by atoms with Crippen LogP contribution in [0, 0.1) is 11.6 Å². The normalized spacial score (nSPS) is 12.4. The van der Waals surface area contributed by atoms with Gasteiger partial charge in [0.1, 0.15) is 35.1 Å². The van der Waals surface area contributed by atoms with Crippen LogP contribution in [0.25, 0.3) is 39.1 Å². The standard InChI is InChI=1S/C29H23F2N9O2/c1-15(24-22(16-5-4-6-19(30)10-16)29(41)39-13-20(31)7-8-21(39)37-24)40-27-23(26(32)35-14-36-27)25(38-40)17-9-18(11-33-2)28(42-3)34-12-17/h4-15H,1-3H3,(H2,32,35,36)/b33-11-. The van der Waals surface area contributed by atoms with E-state index in [1.807, 2.05) is 0 Å². The van der Waals surface area contributed by atoms with Crippen molar-refractivity contribution < 1.29 is 13.5 Å². The fraction of sp³-hybridized carbons (Fsp3) is 0.138. The molecule has 0 bridgehead atoms. The van der Waals surface area contributed by atoms with Crippen LogP contribution in [0.2, 0.25) is 0 Å². The van der Waals surface area contributed by atoms with Gasteiger partial charge in [-0.1, -0.05) is 12.1 Å². The molecule has 0 aliphatic carbocycles. The third-order valence-electron chi connectivity index (χ3n) is 6.82. The molecule has 13 heteroatoms. The number of fused-ring (bicyclic) bond motifs is 2. The zero-order chi connectivity index (χ0) is 29.5. The van der Waals surface area contributed by atoms with Crippen molar-refractivity contribution in [3.63, 3.8) is 0 Å². The van der Waals surface area contributed by atoms with Gasteiger partial charge in [0.25, 0.3) is 5.56 Å². The van der Waals surface area contributed by atoms with Crippen LogP contribution in [0.3, 0.4) is 0 Å². The molecule has 1 atom stereocenters. The van der Waals surface area contributed by atoms with Gasteiger partial charge < -0.3 is 10.5 Å². The number of hydrogen-bond acceptors (Lipinski definition) is 9. The van der Waals surface area contributed by atoms with E-state index < -0.39 is 23.2 Å². The number of halogens is 2. The van der Waals surface area contributed by atoms with Gasteiger partial charge in [-0.2, -0.15) is 5.10 Å². The van der Waals surface area contributed by atoms with Gasteiger partial charge in [0.05, 0.1) is 35.4 Å². The number of ether oxygens (including phenoxy) is 1. The Morgan fingerprint density at radius 2 is 1.90 bits per heavy atom. The zero-order valence-corrected chi connectivity index (χ0v) is 22.7. The Bertz CT molecular complexity index is 2090. The number of nitrogens with zero attached hydrogens (tertiary/aromatic N) is 8. The number of hydrogen-bond donors (Lipinski definition) is 1. The van der Waals surface area contributed by atoms with E-state index in [0.717, 1.165) is 10.6 Å². The summed E-state index contributed by atoms with van der Waals surface area (Å²) in [6.07, 6.45) is 5.55. The highest BCUT2D eigenvalue weighted by Crippen LogP contribution is 2.35. The van der Waals surface area contributed by atoms with Crippen molar-refractivity contribution >= 4 is 28.7 Å². The smallest absolute Gasteiger partial charge is 0.266 e. The lowest BCUT2D eigenvalue weighted by Gasteiger charge is -2.18. The van der Waals surface area contributed by atoms with Crippen LogP contribution in [0.1, 0.15) is 24.2 Å². The summed E-state index contributed by atoms with van der Waals surface area (Å²) in [5.74, 6) is -0.599. The second-order valence-corrected chi connectivity index (χ2v) is 9.40. The second-order valence-electron chi connectivity index (χ2n) is 9.40. The average molecular weight is 568 g/mol. The summed E-state index contributed by atoms with van der Waals surface area (Å²) in [5, 5.41) is 5.32. The molecule has 6 rings (SSSR count). The molecule has 0 aliphatic rings. The number of anilines is 1. The van der Waals surface area contributed by atoms with Crippen molar-refractivity contribution in [1.29, 1.82) is 0 Å².